The van der Waals surface area contributed by atoms with Crippen LogP contribution >= 0.6 is 12.4 Å². The second-order valence-corrected chi connectivity index (χ2v) is 4.78. The highest BCUT2D eigenvalue weighted by atomic mass is 35.5. The summed E-state index contributed by atoms with van der Waals surface area (Å²) < 4.78 is 5.12. The van der Waals surface area contributed by atoms with Gasteiger partial charge < -0.3 is 15.4 Å². The molecule has 1 atom stereocenters. The van der Waals surface area contributed by atoms with Crippen molar-refractivity contribution < 1.29 is 14.5 Å². The molecule has 1 amide bonds. The average Bonchev–Trinajstić information content (AvgIpc) is 2.94. The van der Waals surface area contributed by atoms with E-state index < -0.39 is 4.92 Å². The van der Waals surface area contributed by atoms with Gasteiger partial charge in [-0.2, -0.15) is 0 Å². The van der Waals surface area contributed by atoms with Crippen molar-refractivity contribution in [3.05, 3.63) is 33.9 Å². The number of nitrogens with zero attached hydrogens (tertiary/aromatic N) is 2. The molecule has 1 unspecified atom stereocenters. The molecule has 1 heterocycles. The van der Waals surface area contributed by atoms with Gasteiger partial charge in [-0.25, -0.2) is 0 Å². The summed E-state index contributed by atoms with van der Waals surface area (Å²) in [5.41, 5.74) is 5.70. The fraction of sp³-hybridized carbons (Fsp3) is 0.462. The summed E-state index contributed by atoms with van der Waals surface area (Å²) in [6, 6.07) is 4.03. The fourth-order valence-corrected chi connectivity index (χ4v) is 2.36. The van der Waals surface area contributed by atoms with Gasteiger partial charge in [-0.1, -0.05) is 0 Å². The molecular formula is C13H18ClN3O4. The number of halogens is 1. The molecule has 2 rings (SSSR count). The van der Waals surface area contributed by atoms with Gasteiger partial charge in [0, 0.05) is 25.2 Å². The van der Waals surface area contributed by atoms with Crippen LogP contribution < -0.4 is 10.5 Å². The zero-order valence-corrected chi connectivity index (χ0v) is 12.5. The second kappa shape index (κ2) is 7.24. The lowest BCUT2D eigenvalue weighted by molar-refractivity contribution is -0.384. The predicted octanol–water partition coefficient (Wildman–Crippen LogP) is 1.45. The molecule has 1 aliphatic heterocycles. The van der Waals surface area contributed by atoms with Gasteiger partial charge in [-0.15, -0.1) is 12.4 Å². The minimum atomic E-state index is -0.525. The summed E-state index contributed by atoms with van der Waals surface area (Å²) in [6.45, 7) is 1.74. The van der Waals surface area contributed by atoms with Gasteiger partial charge in [-0.3, -0.25) is 14.9 Å². The lowest BCUT2D eigenvalue weighted by Gasteiger charge is -2.17. The van der Waals surface area contributed by atoms with Crippen LogP contribution in [0.25, 0.3) is 0 Å². The minimum Gasteiger partial charge on any atom is -0.496 e. The average molecular weight is 316 g/mol. The normalized spacial score (nSPS) is 17.2. The van der Waals surface area contributed by atoms with Gasteiger partial charge in [0.25, 0.3) is 11.6 Å². The van der Waals surface area contributed by atoms with E-state index in [-0.39, 0.29) is 29.6 Å². The largest absolute Gasteiger partial charge is 0.496 e. The van der Waals surface area contributed by atoms with Crippen LogP contribution in [0.1, 0.15) is 16.8 Å². The monoisotopic (exact) mass is 315 g/mol. The zero-order chi connectivity index (χ0) is 14.7. The maximum Gasteiger partial charge on any atom is 0.270 e. The maximum absolute atomic E-state index is 12.4. The van der Waals surface area contributed by atoms with E-state index >= 15 is 0 Å². The molecule has 0 aliphatic carbocycles. The SMILES string of the molecule is COc1ccc([N+](=O)[O-])cc1C(=O)N1CCC(CN)C1.Cl. The van der Waals surface area contributed by atoms with E-state index in [2.05, 4.69) is 0 Å². The fourth-order valence-electron chi connectivity index (χ4n) is 2.36. The highest BCUT2D eigenvalue weighted by Gasteiger charge is 2.28. The summed E-state index contributed by atoms with van der Waals surface area (Å²) in [5, 5.41) is 10.8. The molecule has 8 heteroatoms. The van der Waals surface area contributed by atoms with E-state index in [1.54, 1.807) is 4.90 Å². The van der Waals surface area contributed by atoms with Crippen LogP contribution in [0.5, 0.6) is 5.75 Å². The third-order valence-electron chi connectivity index (χ3n) is 3.53. The molecule has 7 nitrogen and oxygen atoms in total. The van der Waals surface area contributed by atoms with E-state index in [1.807, 2.05) is 0 Å². The summed E-state index contributed by atoms with van der Waals surface area (Å²) in [7, 11) is 1.44. The number of nitro groups is 1. The van der Waals surface area contributed by atoms with Crippen molar-refractivity contribution in [3.8, 4) is 5.75 Å². The molecule has 0 aromatic heterocycles. The molecule has 2 N–H and O–H groups in total. The van der Waals surface area contributed by atoms with Crippen molar-refractivity contribution >= 4 is 24.0 Å². The van der Waals surface area contributed by atoms with Gasteiger partial charge in [0.15, 0.2) is 0 Å². The number of nitro benzene ring substituents is 1. The van der Waals surface area contributed by atoms with Crippen molar-refractivity contribution in [2.24, 2.45) is 11.7 Å². The maximum atomic E-state index is 12.4. The molecule has 1 aromatic carbocycles. The van der Waals surface area contributed by atoms with Crippen LogP contribution in [0.15, 0.2) is 18.2 Å². The number of carbonyl (C=O) groups is 1. The summed E-state index contributed by atoms with van der Waals surface area (Å²) >= 11 is 0. The van der Waals surface area contributed by atoms with Crippen LogP contribution in [0.4, 0.5) is 5.69 Å². The number of likely N-dealkylation sites (tertiary alicyclic amines) is 1. The highest BCUT2D eigenvalue weighted by Crippen LogP contribution is 2.27. The number of methoxy groups -OCH3 is 1. The molecule has 0 saturated carbocycles. The van der Waals surface area contributed by atoms with Crippen LogP contribution in [-0.2, 0) is 0 Å². The number of carbonyl (C=O) groups excluding carboxylic acids is 1. The van der Waals surface area contributed by atoms with Gasteiger partial charge in [0.2, 0.25) is 0 Å². The summed E-state index contributed by atoms with van der Waals surface area (Å²) in [5.74, 6) is 0.391. The molecule has 1 saturated heterocycles. The number of nitrogens with two attached hydrogens (primary N) is 1. The smallest absolute Gasteiger partial charge is 0.270 e. The van der Waals surface area contributed by atoms with Crippen LogP contribution in [0.2, 0.25) is 0 Å². The van der Waals surface area contributed by atoms with E-state index in [9.17, 15) is 14.9 Å². The number of non-ortho nitro benzene ring substituents is 1. The molecule has 116 valence electrons. The Morgan fingerprint density at radius 2 is 2.29 bits per heavy atom. The molecular weight excluding hydrogens is 298 g/mol. The number of hydrogen-bond donors (Lipinski definition) is 1. The molecule has 0 spiro atoms. The van der Waals surface area contributed by atoms with Crippen molar-refractivity contribution in [2.75, 3.05) is 26.7 Å². The van der Waals surface area contributed by atoms with Gasteiger partial charge in [-0.05, 0) is 24.9 Å². The van der Waals surface area contributed by atoms with E-state index in [4.69, 9.17) is 10.5 Å². The predicted molar refractivity (Wildman–Crippen MR) is 80.0 cm³/mol. The Morgan fingerprint density at radius 3 is 2.81 bits per heavy atom. The van der Waals surface area contributed by atoms with Crippen LogP contribution in [-0.4, -0.2) is 42.5 Å². The van der Waals surface area contributed by atoms with Crippen LogP contribution in [0, 0.1) is 16.0 Å². The van der Waals surface area contributed by atoms with Crippen molar-refractivity contribution in [2.45, 2.75) is 6.42 Å². The molecule has 0 bridgehead atoms. The number of rotatable bonds is 4. The van der Waals surface area contributed by atoms with Crippen molar-refractivity contribution in [1.82, 2.24) is 4.90 Å². The molecule has 1 aromatic rings. The quantitative estimate of drug-likeness (QED) is 0.669. The van der Waals surface area contributed by atoms with E-state index in [0.717, 1.165) is 6.42 Å². The molecule has 0 radical (unpaired) electrons. The zero-order valence-electron chi connectivity index (χ0n) is 11.7. The van der Waals surface area contributed by atoms with Gasteiger partial charge in [0.05, 0.1) is 17.6 Å². The Hall–Kier alpha value is -1.86. The Labute approximate surface area is 128 Å². The van der Waals surface area contributed by atoms with Crippen molar-refractivity contribution in [3.63, 3.8) is 0 Å². The summed E-state index contributed by atoms with van der Waals surface area (Å²) in [4.78, 5) is 24.4. The standard InChI is InChI=1S/C13H17N3O4.ClH/c1-20-12-3-2-10(16(18)19)6-11(12)13(17)15-5-4-9(7-14)8-15;/h2-3,6,9H,4-5,7-8,14H2,1H3;1H. The van der Waals surface area contributed by atoms with Gasteiger partial charge in [0.1, 0.15) is 5.75 Å². The minimum absolute atomic E-state index is 0. The highest BCUT2D eigenvalue weighted by molar-refractivity contribution is 5.97. The lowest BCUT2D eigenvalue weighted by atomic mass is 10.1. The first-order chi connectivity index (χ1) is 9.56. The Balaban J connectivity index is 0.00000220. The number of amides is 1. The molecule has 1 aliphatic rings. The summed E-state index contributed by atoms with van der Waals surface area (Å²) in [6.07, 6.45) is 0.861. The van der Waals surface area contributed by atoms with Crippen molar-refractivity contribution in [1.29, 1.82) is 0 Å². The van der Waals surface area contributed by atoms with E-state index in [0.29, 0.717) is 31.3 Å². The van der Waals surface area contributed by atoms with Gasteiger partial charge >= 0.3 is 0 Å². The Morgan fingerprint density at radius 1 is 1.57 bits per heavy atom. The first kappa shape index (κ1) is 17.2. The molecule has 1 fully saturated rings. The third-order valence-corrected chi connectivity index (χ3v) is 3.53. The first-order valence-electron chi connectivity index (χ1n) is 6.38. The number of hydrogen-bond acceptors (Lipinski definition) is 5. The number of ether oxygens (including phenoxy) is 1. The van der Waals surface area contributed by atoms with Crippen LogP contribution in [0.3, 0.4) is 0 Å². The number of benzene rings is 1. The Bertz CT molecular complexity index is 538. The topological polar surface area (TPSA) is 98.7 Å². The first-order valence-corrected chi connectivity index (χ1v) is 6.38. The lowest BCUT2D eigenvalue weighted by Crippen LogP contribution is -2.30. The third kappa shape index (κ3) is 3.62. The van der Waals surface area contributed by atoms with E-state index in [1.165, 1.54) is 25.3 Å². The second-order valence-electron chi connectivity index (χ2n) is 4.78. The molecule has 21 heavy (non-hydrogen) atoms. The Kier molecular flexibility index (Phi) is 5.92.